The van der Waals surface area contributed by atoms with Crippen LogP contribution in [0.4, 0.5) is 0 Å². The molecular weight excluding hydrogens is 390 g/mol. The van der Waals surface area contributed by atoms with E-state index in [1.54, 1.807) is 0 Å². The lowest BCUT2D eigenvalue weighted by Gasteiger charge is -2.38. The van der Waals surface area contributed by atoms with E-state index in [2.05, 4.69) is 26.9 Å². The SMILES string of the molecule is O=C(O)C1CCCN(C(c2ccccc2Cl)c2ccccc2Br)C1. The molecule has 1 fully saturated rings. The Hall–Kier alpha value is -1.36. The van der Waals surface area contributed by atoms with Crippen LogP contribution in [0, 0.1) is 5.92 Å². The van der Waals surface area contributed by atoms with E-state index in [0.29, 0.717) is 11.6 Å². The number of carbonyl (C=O) groups is 1. The van der Waals surface area contributed by atoms with Gasteiger partial charge in [-0.1, -0.05) is 63.9 Å². The van der Waals surface area contributed by atoms with Gasteiger partial charge in [-0.3, -0.25) is 9.69 Å². The molecule has 2 aromatic carbocycles. The standard InChI is InChI=1S/C19H19BrClNO2/c20-16-9-3-1-7-14(16)18(15-8-2-4-10-17(15)21)22-11-5-6-13(12-22)19(23)24/h1-4,7-10,13,18H,5-6,11-12H2,(H,23,24). The first-order valence-corrected chi connectivity index (χ1v) is 9.20. The molecule has 0 saturated carbocycles. The molecule has 0 amide bonds. The van der Waals surface area contributed by atoms with Gasteiger partial charge < -0.3 is 5.11 Å². The second-order valence-corrected chi connectivity index (χ2v) is 7.38. The molecular formula is C19H19BrClNO2. The second-order valence-electron chi connectivity index (χ2n) is 6.12. The molecule has 24 heavy (non-hydrogen) atoms. The average Bonchev–Trinajstić information content (AvgIpc) is 2.59. The van der Waals surface area contributed by atoms with Gasteiger partial charge in [0.05, 0.1) is 12.0 Å². The van der Waals surface area contributed by atoms with Crippen LogP contribution in [0.2, 0.25) is 5.02 Å². The Balaban J connectivity index is 2.04. The van der Waals surface area contributed by atoms with Gasteiger partial charge in [-0.25, -0.2) is 0 Å². The van der Waals surface area contributed by atoms with Gasteiger partial charge in [0.25, 0.3) is 0 Å². The van der Waals surface area contributed by atoms with Crippen molar-refractivity contribution in [2.75, 3.05) is 13.1 Å². The van der Waals surface area contributed by atoms with E-state index < -0.39 is 5.97 Å². The normalized spacial score (nSPS) is 19.8. The summed E-state index contributed by atoms with van der Waals surface area (Å²) in [6.07, 6.45) is 1.61. The Kier molecular flexibility index (Phi) is 5.59. The van der Waals surface area contributed by atoms with Crippen molar-refractivity contribution < 1.29 is 9.90 Å². The highest BCUT2D eigenvalue weighted by Crippen LogP contribution is 2.38. The van der Waals surface area contributed by atoms with Crippen LogP contribution < -0.4 is 0 Å². The van der Waals surface area contributed by atoms with Gasteiger partial charge >= 0.3 is 5.97 Å². The summed E-state index contributed by atoms with van der Waals surface area (Å²) in [5.74, 6) is -1.05. The monoisotopic (exact) mass is 407 g/mol. The lowest BCUT2D eigenvalue weighted by molar-refractivity contribution is -0.143. The summed E-state index contributed by atoms with van der Waals surface area (Å²) in [6.45, 7) is 1.40. The highest BCUT2D eigenvalue weighted by atomic mass is 79.9. The van der Waals surface area contributed by atoms with Gasteiger partial charge in [0.2, 0.25) is 0 Å². The molecule has 3 rings (SSSR count). The summed E-state index contributed by atoms with van der Waals surface area (Å²) < 4.78 is 1.01. The molecule has 2 atom stereocenters. The molecule has 3 nitrogen and oxygen atoms in total. The highest BCUT2D eigenvalue weighted by molar-refractivity contribution is 9.10. The molecule has 126 valence electrons. The molecule has 1 saturated heterocycles. The van der Waals surface area contributed by atoms with Crippen LogP contribution in [0.15, 0.2) is 53.0 Å². The Bertz CT molecular complexity index is 691. The zero-order valence-electron chi connectivity index (χ0n) is 13.2. The van der Waals surface area contributed by atoms with Gasteiger partial charge in [0, 0.05) is 16.0 Å². The number of hydrogen-bond donors (Lipinski definition) is 1. The van der Waals surface area contributed by atoms with Crippen molar-refractivity contribution in [2.24, 2.45) is 5.92 Å². The summed E-state index contributed by atoms with van der Waals surface area (Å²) >= 11 is 10.1. The van der Waals surface area contributed by atoms with Crippen molar-refractivity contribution >= 4 is 33.5 Å². The number of carboxylic acids is 1. The largest absolute Gasteiger partial charge is 0.481 e. The van der Waals surface area contributed by atoms with Crippen LogP contribution in [0.5, 0.6) is 0 Å². The van der Waals surface area contributed by atoms with Crippen molar-refractivity contribution in [3.8, 4) is 0 Å². The van der Waals surface area contributed by atoms with Gasteiger partial charge in [0.1, 0.15) is 0 Å². The van der Waals surface area contributed by atoms with Gasteiger partial charge in [-0.05, 0) is 42.6 Å². The lowest BCUT2D eigenvalue weighted by atomic mass is 9.91. The van der Waals surface area contributed by atoms with E-state index in [0.717, 1.165) is 35.0 Å². The number of halogens is 2. The first-order valence-electron chi connectivity index (χ1n) is 8.03. The van der Waals surface area contributed by atoms with Crippen LogP contribution in [-0.4, -0.2) is 29.1 Å². The number of rotatable bonds is 4. The molecule has 1 heterocycles. The van der Waals surface area contributed by atoms with Crippen molar-refractivity contribution in [3.05, 3.63) is 69.2 Å². The third-order valence-electron chi connectivity index (χ3n) is 4.57. The van der Waals surface area contributed by atoms with Crippen LogP contribution in [-0.2, 0) is 4.79 Å². The maximum Gasteiger partial charge on any atom is 0.307 e. The molecule has 0 radical (unpaired) electrons. The fourth-order valence-electron chi connectivity index (χ4n) is 3.40. The van der Waals surface area contributed by atoms with Crippen molar-refractivity contribution in [1.29, 1.82) is 0 Å². The number of piperidine rings is 1. The molecule has 0 aliphatic carbocycles. The summed E-state index contributed by atoms with van der Waals surface area (Å²) in [5.41, 5.74) is 2.12. The van der Waals surface area contributed by atoms with E-state index in [1.807, 2.05) is 42.5 Å². The summed E-state index contributed by atoms with van der Waals surface area (Å²) in [4.78, 5) is 13.7. The number of likely N-dealkylation sites (tertiary alicyclic amines) is 1. The van der Waals surface area contributed by atoms with Gasteiger partial charge in [-0.2, -0.15) is 0 Å². The third-order valence-corrected chi connectivity index (χ3v) is 5.63. The summed E-state index contributed by atoms with van der Waals surface area (Å²) in [7, 11) is 0. The molecule has 2 aromatic rings. The maximum atomic E-state index is 11.5. The van der Waals surface area contributed by atoms with E-state index in [-0.39, 0.29) is 12.0 Å². The third kappa shape index (κ3) is 3.66. The first kappa shape index (κ1) is 17.5. The molecule has 2 unspecified atom stereocenters. The average molecular weight is 409 g/mol. The van der Waals surface area contributed by atoms with Crippen LogP contribution >= 0.6 is 27.5 Å². The number of aliphatic carboxylic acids is 1. The van der Waals surface area contributed by atoms with E-state index in [1.165, 1.54) is 0 Å². The molecule has 1 aliphatic heterocycles. The van der Waals surface area contributed by atoms with Crippen LogP contribution in [0.25, 0.3) is 0 Å². The molecule has 0 aromatic heterocycles. The van der Waals surface area contributed by atoms with Gasteiger partial charge in [0.15, 0.2) is 0 Å². The lowest BCUT2D eigenvalue weighted by Crippen LogP contribution is -2.41. The highest BCUT2D eigenvalue weighted by Gasteiger charge is 2.32. The maximum absolute atomic E-state index is 11.5. The molecule has 0 spiro atoms. The Morgan fingerprint density at radius 1 is 1.17 bits per heavy atom. The first-order chi connectivity index (χ1) is 11.6. The Morgan fingerprint density at radius 3 is 2.50 bits per heavy atom. The Morgan fingerprint density at radius 2 is 1.83 bits per heavy atom. The number of benzene rings is 2. The fraction of sp³-hybridized carbons (Fsp3) is 0.316. The topological polar surface area (TPSA) is 40.5 Å². The van der Waals surface area contributed by atoms with E-state index >= 15 is 0 Å². The second kappa shape index (κ2) is 7.68. The zero-order valence-corrected chi connectivity index (χ0v) is 15.5. The fourth-order valence-corrected chi connectivity index (χ4v) is 4.14. The van der Waals surface area contributed by atoms with Crippen LogP contribution in [0.1, 0.15) is 30.0 Å². The van der Waals surface area contributed by atoms with E-state index in [4.69, 9.17) is 11.6 Å². The number of hydrogen-bond acceptors (Lipinski definition) is 2. The summed E-state index contributed by atoms with van der Waals surface area (Å²) in [5, 5.41) is 10.1. The zero-order chi connectivity index (χ0) is 17.1. The molecule has 1 aliphatic rings. The van der Waals surface area contributed by atoms with Crippen molar-refractivity contribution in [2.45, 2.75) is 18.9 Å². The minimum atomic E-state index is -0.718. The van der Waals surface area contributed by atoms with Crippen LogP contribution in [0.3, 0.4) is 0 Å². The minimum absolute atomic E-state index is 0.0589. The van der Waals surface area contributed by atoms with Crippen molar-refractivity contribution in [3.63, 3.8) is 0 Å². The van der Waals surface area contributed by atoms with Crippen molar-refractivity contribution in [1.82, 2.24) is 4.90 Å². The van der Waals surface area contributed by atoms with Gasteiger partial charge in [-0.15, -0.1) is 0 Å². The minimum Gasteiger partial charge on any atom is -0.481 e. The molecule has 1 N–H and O–H groups in total. The summed E-state index contributed by atoms with van der Waals surface area (Å²) in [6, 6.07) is 15.8. The predicted octanol–water partition coefficient (Wildman–Crippen LogP) is 4.99. The number of nitrogens with zero attached hydrogens (tertiary/aromatic N) is 1. The number of carboxylic acid groups (broad SMARTS) is 1. The molecule has 0 bridgehead atoms. The predicted molar refractivity (Wildman–Crippen MR) is 99.4 cm³/mol. The quantitative estimate of drug-likeness (QED) is 0.775. The smallest absolute Gasteiger partial charge is 0.307 e. The Labute approximate surface area is 155 Å². The molecule has 5 heteroatoms. The van der Waals surface area contributed by atoms with E-state index in [9.17, 15) is 9.90 Å².